The average molecular weight is 198 g/mol. The second-order valence-electron chi connectivity index (χ2n) is 3.15. The molecule has 1 rings (SSSR count). The predicted molar refractivity (Wildman–Crippen MR) is 49.9 cm³/mol. The molecule has 0 aliphatic heterocycles. The maximum Gasteiger partial charge on any atom is 0.309 e. The molecule has 0 radical (unpaired) electrons. The van der Waals surface area contributed by atoms with Gasteiger partial charge in [-0.2, -0.15) is 0 Å². The highest BCUT2D eigenvalue weighted by Crippen LogP contribution is 2.07. The van der Waals surface area contributed by atoms with Crippen LogP contribution in [0, 0.1) is 5.92 Å². The van der Waals surface area contributed by atoms with Gasteiger partial charge in [0.05, 0.1) is 12.5 Å². The zero-order valence-electron chi connectivity index (χ0n) is 8.30. The summed E-state index contributed by atoms with van der Waals surface area (Å²) in [6, 6.07) is 0. The van der Waals surface area contributed by atoms with E-state index in [2.05, 4.69) is 4.98 Å². The lowest BCUT2D eigenvalue weighted by molar-refractivity contribution is -0.143. The first-order valence-corrected chi connectivity index (χ1v) is 4.33. The number of aryl methyl sites for hydroxylation is 1. The number of aromatic nitrogens is 2. The number of nitrogens with zero attached hydrogens (tertiary/aromatic N) is 2. The number of carboxylic acids is 1. The summed E-state index contributed by atoms with van der Waals surface area (Å²) in [5.74, 6) is -0.620. The van der Waals surface area contributed by atoms with Gasteiger partial charge in [0.15, 0.2) is 0 Å². The molecule has 0 saturated heterocycles. The number of methoxy groups -OCH3 is 1. The Kier molecular flexibility index (Phi) is 3.64. The summed E-state index contributed by atoms with van der Waals surface area (Å²) < 4.78 is 6.65. The van der Waals surface area contributed by atoms with Crippen molar-refractivity contribution in [3.05, 3.63) is 18.2 Å². The summed E-state index contributed by atoms with van der Waals surface area (Å²) >= 11 is 0. The van der Waals surface area contributed by atoms with Gasteiger partial charge in [-0.25, -0.2) is 4.98 Å². The molecule has 0 aliphatic rings. The van der Waals surface area contributed by atoms with Crippen molar-refractivity contribution in [3.8, 4) is 0 Å². The van der Waals surface area contributed by atoms with Crippen molar-refractivity contribution in [1.82, 2.24) is 9.55 Å². The third-order valence-corrected chi connectivity index (χ3v) is 2.07. The molecule has 0 aromatic carbocycles. The van der Waals surface area contributed by atoms with E-state index in [-0.39, 0.29) is 6.61 Å². The van der Waals surface area contributed by atoms with E-state index in [1.807, 2.05) is 11.6 Å². The van der Waals surface area contributed by atoms with Crippen LogP contribution in [0.1, 0.15) is 5.82 Å². The quantitative estimate of drug-likeness (QED) is 0.739. The van der Waals surface area contributed by atoms with Crippen LogP contribution in [0.5, 0.6) is 0 Å². The topological polar surface area (TPSA) is 64.4 Å². The largest absolute Gasteiger partial charge is 0.481 e. The molecule has 0 spiro atoms. The third kappa shape index (κ3) is 2.56. The fourth-order valence-corrected chi connectivity index (χ4v) is 1.23. The van der Waals surface area contributed by atoms with Crippen LogP contribution in [0.2, 0.25) is 0 Å². The van der Waals surface area contributed by atoms with Crippen molar-refractivity contribution >= 4 is 5.97 Å². The lowest BCUT2D eigenvalue weighted by Gasteiger charge is -2.10. The average Bonchev–Trinajstić information content (AvgIpc) is 2.51. The highest BCUT2D eigenvalue weighted by Gasteiger charge is 2.19. The van der Waals surface area contributed by atoms with Gasteiger partial charge < -0.3 is 14.4 Å². The maximum atomic E-state index is 10.8. The molecule has 0 saturated carbocycles. The van der Waals surface area contributed by atoms with Crippen molar-refractivity contribution in [3.63, 3.8) is 0 Å². The maximum absolute atomic E-state index is 10.8. The number of carboxylic acid groups (broad SMARTS) is 1. The van der Waals surface area contributed by atoms with Gasteiger partial charge in [-0.1, -0.05) is 0 Å². The zero-order valence-corrected chi connectivity index (χ0v) is 8.30. The van der Waals surface area contributed by atoms with Crippen LogP contribution in [0.15, 0.2) is 12.4 Å². The highest BCUT2D eigenvalue weighted by molar-refractivity contribution is 5.70. The normalized spacial score (nSPS) is 12.7. The van der Waals surface area contributed by atoms with Crippen LogP contribution in [0.3, 0.4) is 0 Å². The van der Waals surface area contributed by atoms with Gasteiger partial charge in [0.1, 0.15) is 5.82 Å². The third-order valence-electron chi connectivity index (χ3n) is 2.07. The molecule has 5 nitrogen and oxygen atoms in total. The highest BCUT2D eigenvalue weighted by atomic mass is 16.5. The number of rotatable bonds is 5. The molecule has 14 heavy (non-hydrogen) atoms. The molecule has 78 valence electrons. The molecular formula is C9H14N2O3. The van der Waals surface area contributed by atoms with E-state index >= 15 is 0 Å². The summed E-state index contributed by atoms with van der Waals surface area (Å²) in [6.45, 7) is 0.211. The first-order chi connectivity index (χ1) is 6.65. The van der Waals surface area contributed by atoms with E-state index in [1.165, 1.54) is 7.11 Å². The Hall–Kier alpha value is -1.36. The van der Waals surface area contributed by atoms with Gasteiger partial charge in [0, 0.05) is 33.0 Å². The molecule has 0 fully saturated rings. The Bertz CT molecular complexity index is 309. The van der Waals surface area contributed by atoms with Gasteiger partial charge >= 0.3 is 5.97 Å². The van der Waals surface area contributed by atoms with Crippen LogP contribution < -0.4 is 0 Å². The van der Waals surface area contributed by atoms with E-state index < -0.39 is 11.9 Å². The van der Waals surface area contributed by atoms with Crippen molar-refractivity contribution in [1.29, 1.82) is 0 Å². The van der Waals surface area contributed by atoms with E-state index in [9.17, 15) is 4.79 Å². The number of ether oxygens (including phenoxy) is 1. The minimum atomic E-state index is -0.852. The molecule has 1 unspecified atom stereocenters. The summed E-state index contributed by atoms with van der Waals surface area (Å²) in [5.41, 5.74) is 0. The van der Waals surface area contributed by atoms with Crippen LogP contribution >= 0.6 is 0 Å². The molecule has 1 N–H and O–H groups in total. The lowest BCUT2D eigenvalue weighted by Crippen LogP contribution is -2.22. The SMILES string of the molecule is COCC(Cc1nccn1C)C(=O)O. The van der Waals surface area contributed by atoms with Crippen molar-refractivity contribution in [2.75, 3.05) is 13.7 Å². The summed E-state index contributed by atoms with van der Waals surface area (Å²) in [5, 5.41) is 8.88. The number of imidazole rings is 1. The van der Waals surface area contributed by atoms with Gasteiger partial charge in [-0.3, -0.25) is 4.79 Å². The first kappa shape index (κ1) is 10.7. The smallest absolute Gasteiger partial charge is 0.309 e. The van der Waals surface area contributed by atoms with E-state index in [0.717, 1.165) is 5.82 Å². The molecule has 5 heteroatoms. The second kappa shape index (κ2) is 4.76. The fraction of sp³-hybridized carbons (Fsp3) is 0.556. The van der Waals surface area contributed by atoms with Gasteiger partial charge in [-0.15, -0.1) is 0 Å². The summed E-state index contributed by atoms with van der Waals surface area (Å²) in [4.78, 5) is 14.9. The minimum Gasteiger partial charge on any atom is -0.481 e. The molecule has 1 atom stereocenters. The van der Waals surface area contributed by atoms with Gasteiger partial charge in [0.25, 0.3) is 0 Å². The van der Waals surface area contributed by atoms with E-state index in [4.69, 9.17) is 9.84 Å². The Morgan fingerprint density at radius 3 is 2.93 bits per heavy atom. The Labute approximate surface area is 82.3 Å². The Morgan fingerprint density at radius 2 is 2.50 bits per heavy atom. The monoisotopic (exact) mass is 198 g/mol. The van der Waals surface area contributed by atoms with Gasteiger partial charge in [-0.05, 0) is 0 Å². The summed E-state index contributed by atoms with van der Waals surface area (Å²) in [7, 11) is 3.34. The van der Waals surface area contributed by atoms with Crippen molar-refractivity contribution in [2.45, 2.75) is 6.42 Å². The number of carbonyl (C=O) groups is 1. The van der Waals surface area contributed by atoms with E-state index in [1.54, 1.807) is 12.4 Å². The molecule has 1 aromatic heterocycles. The molecule has 0 bridgehead atoms. The van der Waals surface area contributed by atoms with Crippen LogP contribution in [-0.2, 0) is 23.0 Å². The van der Waals surface area contributed by atoms with Gasteiger partial charge in [0.2, 0.25) is 0 Å². The Balaban J connectivity index is 2.64. The molecule has 0 amide bonds. The predicted octanol–water partition coefficient (Wildman–Crippen LogP) is 0.310. The van der Waals surface area contributed by atoms with E-state index in [0.29, 0.717) is 6.42 Å². The summed E-state index contributed by atoms with van der Waals surface area (Å²) in [6.07, 6.45) is 3.84. The van der Waals surface area contributed by atoms with Crippen LogP contribution in [-0.4, -0.2) is 34.3 Å². The second-order valence-corrected chi connectivity index (χ2v) is 3.15. The number of aliphatic carboxylic acids is 1. The molecular weight excluding hydrogens is 184 g/mol. The fourth-order valence-electron chi connectivity index (χ4n) is 1.23. The Morgan fingerprint density at radius 1 is 1.79 bits per heavy atom. The van der Waals surface area contributed by atoms with Crippen molar-refractivity contribution < 1.29 is 14.6 Å². The lowest BCUT2D eigenvalue weighted by atomic mass is 10.1. The molecule has 0 aliphatic carbocycles. The molecule has 1 aromatic rings. The van der Waals surface area contributed by atoms with Crippen LogP contribution in [0.25, 0.3) is 0 Å². The zero-order chi connectivity index (χ0) is 10.6. The molecule has 1 heterocycles. The number of hydrogen-bond donors (Lipinski definition) is 1. The number of hydrogen-bond acceptors (Lipinski definition) is 3. The minimum absolute atomic E-state index is 0.211. The van der Waals surface area contributed by atoms with Crippen molar-refractivity contribution in [2.24, 2.45) is 13.0 Å². The standard InChI is InChI=1S/C9H14N2O3/c1-11-4-3-10-8(11)5-7(6-14-2)9(12)13/h3-4,7H,5-6H2,1-2H3,(H,12,13). The van der Waals surface area contributed by atoms with Crippen LogP contribution in [0.4, 0.5) is 0 Å². The first-order valence-electron chi connectivity index (χ1n) is 4.33.